The van der Waals surface area contributed by atoms with E-state index in [0.29, 0.717) is 30.1 Å². The number of hydrogen-bond donors (Lipinski definition) is 0. The zero-order valence-electron chi connectivity index (χ0n) is 21.1. The summed E-state index contributed by atoms with van der Waals surface area (Å²) in [6.45, 7) is -4.48. The molecule has 1 amide bonds. The number of ether oxygens (including phenoxy) is 2. The van der Waals surface area contributed by atoms with Gasteiger partial charge in [0.15, 0.2) is 0 Å². The minimum atomic E-state index is -3.10. The van der Waals surface area contributed by atoms with Crippen molar-refractivity contribution in [2.45, 2.75) is 38.0 Å². The molecule has 1 aromatic heterocycles. The van der Waals surface area contributed by atoms with E-state index in [4.69, 9.17) is 18.6 Å². The van der Waals surface area contributed by atoms with Gasteiger partial charge < -0.3 is 18.9 Å². The summed E-state index contributed by atoms with van der Waals surface area (Å²) in [5.74, 6) is 6.28. The third kappa shape index (κ3) is 3.34. The molecule has 34 heavy (non-hydrogen) atoms. The second-order valence-corrected chi connectivity index (χ2v) is 8.74. The van der Waals surface area contributed by atoms with Crippen molar-refractivity contribution in [1.82, 2.24) is 14.5 Å². The van der Waals surface area contributed by atoms with Gasteiger partial charge in [-0.3, -0.25) is 4.79 Å². The van der Waals surface area contributed by atoms with Crippen molar-refractivity contribution in [3.8, 4) is 17.6 Å². The van der Waals surface area contributed by atoms with Crippen LogP contribution >= 0.6 is 0 Å². The van der Waals surface area contributed by atoms with Crippen LogP contribution in [0.1, 0.15) is 62.8 Å². The number of halogens is 2. The maximum Gasteiger partial charge on any atom is 0.387 e. The molecule has 6 nitrogen and oxygen atoms in total. The van der Waals surface area contributed by atoms with E-state index in [9.17, 15) is 13.6 Å². The van der Waals surface area contributed by atoms with Crippen LogP contribution in [0, 0.1) is 17.8 Å². The molecule has 0 unspecified atom stereocenters. The number of benzene rings is 2. The lowest BCUT2D eigenvalue weighted by molar-refractivity contribution is -0.0507. The molecule has 3 aliphatic heterocycles. The topological polar surface area (TPSA) is 56.6 Å². The van der Waals surface area contributed by atoms with Gasteiger partial charge in [-0.1, -0.05) is 17.9 Å². The normalized spacial score (nSPS) is 23.4. The maximum atomic E-state index is 13.5. The lowest BCUT2D eigenvalue weighted by atomic mass is 9.97. The Balaban J connectivity index is 1.53. The van der Waals surface area contributed by atoms with E-state index in [1.54, 1.807) is 0 Å². The number of carbonyl (C=O) groups excluding carboxylic acids is 1. The number of rotatable bonds is 2. The van der Waals surface area contributed by atoms with Crippen molar-refractivity contribution < 1.29 is 27.2 Å². The molecule has 0 saturated carbocycles. The summed E-state index contributed by atoms with van der Waals surface area (Å²) < 4.78 is 63.0. The van der Waals surface area contributed by atoms with Crippen molar-refractivity contribution in [2.24, 2.45) is 5.92 Å². The fourth-order valence-corrected chi connectivity index (χ4v) is 5.21. The standard InChI is InChI=1S/C26H23F2N3O3/c1-30-21-14-20(23-17(25(30)32)3-2-4-22(23)34-26(27)28)31-19-13-16(7-8-18(19)29-24(21)31)6-5-15-9-11-33-12-10-15/h2-4,7-8,13,15,20-21,26H,9-12,14H2,1H3/t20-,21-/m1/s1/i1D3. The first kappa shape index (κ1) is 18.0. The van der Waals surface area contributed by atoms with Crippen LogP contribution in [0.2, 0.25) is 0 Å². The molecule has 0 aliphatic carbocycles. The zero-order chi connectivity index (χ0) is 25.9. The number of alkyl halides is 2. The van der Waals surface area contributed by atoms with E-state index in [0.717, 1.165) is 23.3 Å². The van der Waals surface area contributed by atoms with Crippen LogP contribution in [0.3, 0.4) is 0 Å². The zero-order valence-corrected chi connectivity index (χ0v) is 18.1. The van der Waals surface area contributed by atoms with Crippen molar-refractivity contribution in [2.75, 3.05) is 20.2 Å². The number of fused-ring (bicyclic) bond motifs is 9. The fourth-order valence-electron chi connectivity index (χ4n) is 5.21. The molecule has 2 atom stereocenters. The van der Waals surface area contributed by atoms with Crippen molar-refractivity contribution in [1.29, 1.82) is 0 Å². The van der Waals surface area contributed by atoms with Gasteiger partial charge in [-0.2, -0.15) is 8.78 Å². The lowest BCUT2D eigenvalue weighted by Crippen LogP contribution is -2.30. The van der Waals surface area contributed by atoms with E-state index < -0.39 is 31.6 Å². The van der Waals surface area contributed by atoms with E-state index >= 15 is 0 Å². The summed E-state index contributed by atoms with van der Waals surface area (Å²) in [6, 6.07) is 8.32. The van der Waals surface area contributed by atoms with Gasteiger partial charge in [0.25, 0.3) is 5.91 Å². The highest BCUT2D eigenvalue weighted by Gasteiger charge is 2.45. The van der Waals surface area contributed by atoms with Gasteiger partial charge in [0, 0.05) is 53.3 Å². The second-order valence-electron chi connectivity index (χ2n) is 8.74. The first-order chi connectivity index (χ1) is 17.7. The van der Waals surface area contributed by atoms with Crippen LogP contribution < -0.4 is 4.74 Å². The third-order valence-corrected chi connectivity index (χ3v) is 6.79. The molecular formula is C26H23F2N3O3. The van der Waals surface area contributed by atoms with Gasteiger partial charge in [-0.15, -0.1) is 0 Å². The Bertz CT molecular complexity index is 1450. The third-order valence-electron chi connectivity index (χ3n) is 6.79. The second kappa shape index (κ2) is 8.10. The molecule has 8 heteroatoms. The molecular weight excluding hydrogens is 440 g/mol. The van der Waals surface area contributed by atoms with Crippen LogP contribution in [-0.4, -0.2) is 47.2 Å². The first-order valence-electron chi connectivity index (χ1n) is 12.7. The highest BCUT2D eigenvalue weighted by atomic mass is 19.3. The Morgan fingerprint density at radius 3 is 2.88 bits per heavy atom. The van der Waals surface area contributed by atoms with Gasteiger partial charge in [0.1, 0.15) is 11.6 Å². The van der Waals surface area contributed by atoms with Gasteiger partial charge in [0.05, 0.1) is 23.1 Å². The van der Waals surface area contributed by atoms with E-state index in [-0.39, 0.29) is 29.2 Å². The van der Waals surface area contributed by atoms with Gasteiger partial charge >= 0.3 is 6.61 Å². The number of amides is 1. The highest BCUT2D eigenvalue weighted by Crippen LogP contribution is 2.49. The molecule has 0 N–H and O–H groups in total. The molecule has 2 bridgehead atoms. The maximum absolute atomic E-state index is 13.5. The Kier molecular flexibility index (Phi) is 4.28. The molecule has 6 rings (SSSR count). The number of hydrogen-bond acceptors (Lipinski definition) is 4. The average molecular weight is 467 g/mol. The summed E-state index contributed by atoms with van der Waals surface area (Å²) in [4.78, 5) is 19.0. The highest BCUT2D eigenvalue weighted by molar-refractivity contribution is 5.97. The van der Waals surface area contributed by atoms with Gasteiger partial charge in [0.2, 0.25) is 0 Å². The van der Waals surface area contributed by atoms with Crippen LogP contribution in [0.5, 0.6) is 5.75 Å². The Morgan fingerprint density at radius 2 is 2.09 bits per heavy atom. The lowest BCUT2D eigenvalue weighted by Gasteiger charge is -2.24. The minimum Gasteiger partial charge on any atom is -0.434 e. The van der Waals surface area contributed by atoms with Crippen molar-refractivity contribution in [3.05, 3.63) is 58.9 Å². The molecule has 0 radical (unpaired) electrons. The van der Waals surface area contributed by atoms with E-state index in [1.165, 1.54) is 18.2 Å². The van der Waals surface area contributed by atoms with Crippen molar-refractivity contribution >= 4 is 16.9 Å². The summed E-state index contributed by atoms with van der Waals surface area (Å²) in [5, 5.41) is 0. The van der Waals surface area contributed by atoms with Gasteiger partial charge in [-0.25, -0.2) is 4.98 Å². The minimum absolute atomic E-state index is 0.0322. The van der Waals surface area contributed by atoms with Crippen molar-refractivity contribution in [3.63, 3.8) is 0 Å². The fraction of sp³-hybridized carbons (Fsp3) is 0.385. The number of aromatic nitrogens is 2. The Morgan fingerprint density at radius 1 is 1.24 bits per heavy atom. The number of imidazole rings is 1. The van der Waals surface area contributed by atoms with E-state index in [1.807, 2.05) is 22.8 Å². The molecule has 2 aromatic carbocycles. The van der Waals surface area contributed by atoms with Crippen LogP contribution in [0.15, 0.2) is 36.4 Å². The Labute approximate surface area is 199 Å². The predicted molar refractivity (Wildman–Crippen MR) is 121 cm³/mol. The smallest absolute Gasteiger partial charge is 0.387 e. The monoisotopic (exact) mass is 466 g/mol. The summed E-state index contributed by atoms with van der Waals surface area (Å²) in [6.07, 6.45) is 1.94. The SMILES string of the molecule is [2H]C([2H])([2H])N1C(=O)c2cccc(OC(F)F)c2[C@H]2C[C@@H]1c1nc3ccc(C#CC4CCOCC4)cc3n12. The summed E-state index contributed by atoms with van der Waals surface area (Å²) in [5.41, 5.74) is 2.34. The molecule has 3 aliphatic rings. The Hall–Kier alpha value is -3.44. The largest absolute Gasteiger partial charge is 0.434 e. The molecule has 4 heterocycles. The quantitative estimate of drug-likeness (QED) is 0.521. The average Bonchev–Trinajstić information content (AvgIpc) is 3.35. The van der Waals surface area contributed by atoms with Gasteiger partial charge in [-0.05, 0) is 43.2 Å². The van der Waals surface area contributed by atoms with Crippen LogP contribution in [0.4, 0.5) is 8.78 Å². The first-order valence-corrected chi connectivity index (χ1v) is 11.2. The predicted octanol–water partition coefficient (Wildman–Crippen LogP) is 4.54. The molecule has 0 spiro atoms. The molecule has 3 aromatic rings. The van der Waals surface area contributed by atoms with Crippen LogP contribution in [0.25, 0.3) is 11.0 Å². The summed E-state index contributed by atoms with van der Waals surface area (Å²) >= 11 is 0. The molecule has 1 saturated heterocycles. The van der Waals surface area contributed by atoms with Crippen LogP contribution in [-0.2, 0) is 4.74 Å². The van der Waals surface area contributed by atoms with E-state index in [2.05, 4.69) is 11.8 Å². The molecule has 174 valence electrons. The number of nitrogens with zero attached hydrogens (tertiary/aromatic N) is 3. The molecule has 1 fully saturated rings. The number of carbonyl (C=O) groups is 1. The summed E-state index contributed by atoms with van der Waals surface area (Å²) in [7, 11) is 0.